The summed E-state index contributed by atoms with van der Waals surface area (Å²) >= 11 is 0. The number of hydrogen-bond acceptors (Lipinski definition) is 2. The molecule has 0 aliphatic heterocycles. The third-order valence-electron chi connectivity index (χ3n) is 7.10. The van der Waals surface area contributed by atoms with Gasteiger partial charge in [-0.05, 0) is 69.6 Å². The number of hydrogen-bond donors (Lipinski definition) is 0. The summed E-state index contributed by atoms with van der Waals surface area (Å²) in [5.41, 5.74) is 7.41. The summed E-state index contributed by atoms with van der Waals surface area (Å²) in [6.07, 6.45) is 3.96. The van der Waals surface area contributed by atoms with Crippen LogP contribution in [0.1, 0.15) is 136 Å². The summed E-state index contributed by atoms with van der Waals surface area (Å²) in [5.74, 6) is 1.46. The number of benzene rings is 1. The molecule has 0 heterocycles. The Morgan fingerprint density at radius 1 is 0.688 bits per heavy atom. The Morgan fingerprint density at radius 2 is 1.12 bits per heavy atom. The summed E-state index contributed by atoms with van der Waals surface area (Å²) in [6, 6.07) is 4.80. The average molecular weight is 461 g/mol. The molecule has 0 aromatic heterocycles. The van der Waals surface area contributed by atoms with Gasteiger partial charge in [0.25, 0.3) is 0 Å². The molecule has 1 aromatic rings. The van der Waals surface area contributed by atoms with Gasteiger partial charge in [0, 0.05) is 0 Å². The molecule has 3 heteroatoms. The fraction of sp³-hybridized carbons (Fsp3) is 0.724. The summed E-state index contributed by atoms with van der Waals surface area (Å²) in [7, 11) is -1.84. The van der Waals surface area contributed by atoms with E-state index in [1.54, 1.807) is 0 Å². The topological polar surface area (TPSA) is 18.5 Å². The predicted molar refractivity (Wildman–Crippen MR) is 144 cm³/mol. The molecule has 0 saturated carbocycles. The normalized spacial score (nSPS) is 14.2. The third kappa shape index (κ3) is 6.73. The Hall–Kier alpha value is -1.06. The van der Waals surface area contributed by atoms with Crippen molar-refractivity contribution in [2.75, 3.05) is 6.61 Å². The SMILES string of the molecule is CC(C)c1cc(C(C)C)c([C@@H](C)O/C=C\CO[Si](C(C)C)(C(C)C)C(C)C)c(C(C)C)c1. The van der Waals surface area contributed by atoms with Gasteiger partial charge < -0.3 is 9.16 Å². The first-order chi connectivity index (χ1) is 14.8. The van der Waals surface area contributed by atoms with Crippen LogP contribution in [0.5, 0.6) is 0 Å². The van der Waals surface area contributed by atoms with E-state index in [2.05, 4.69) is 108 Å². The van der Waals surface area contributed by atoms with Gasteiger partial charge in [-0.1, -0.05) is 95.2 Å². The molecule has 0 bridgehead atoms. The zero-order chi connectivity index (χ0) is 24.8. The van der Waals surface area contributed by atoms with Gasteiger partial charge >= 0.3 is 0 Å². The maximum Gasteiger partial charge on any atom is 0.200 e. The first kappa shape index (κ1) is 29.0. The first-order valence-electron chi connectivity index (χ1n) is 12.9. The van der Waals surface area contributed by atoms with E-state index in [4.69, 9.17) is 9.16 Å². The lowest BCUT2D eigenvalue weighted by molar-refractivity contribution is 0.159. The standard InChI is InChI=1S/C29H52O2Si/c1-19(2)26-17-27(20(3)4)29(28(18-26)21(5)6)25(13)30-15-14-16-31-32(22(7)8,23(9)10)24(11)12/h14-15,17-25H,16H2,1-13H3/b15-14-/t25-/m1/s1. The van der Waals surface area contributed by atoms with Gasteiger partial charge in [-0.3, -0.25) is 0 Å². The molecule has 32 heavy (non-hydrogen) atoms. The molecule has 0 spiro atoms. The monoisotopic (exact) mass is 460 g/mol. The summed E-state index contributed by atoms with van der Waals surface area (Å²) < 4.78 is 12.9. The van der Waals surface area contributed by atoms with E-state index in [9.17, 15) is 0 Å². The van der Waals surface area contributed by atoms with Gasteiger partial charge in [0.05, 0.1) is 12.9 Å². The molecule has 1 atom stereocenters. The molecule has 184 valence electrons. The van der Waals surface area contributed by atoms with E-state index < -0.39 is 8.32 Å². The van der Waals surface area contributed by atoms with E-state index in [1.807, 2.05) is 6.26 Å². The Bertz CT molecular complexity index is 678. The van der Waals surface area contributed by atoms with Gasteiger partial charge in [-0.15, -0.1) is 0 Å². The molecule has 0 unspecified atom stereocenters. The molecule has 0 fully saturated rings. The van der Waals surface area contributed by atoms with Crippen LogP contribution in [-0.2, 0) is 9.16 Å². The van der Waals surface area contributed by atoms with Gasteiger partial charge in [-0.2, -0.15) is 0 Å². The van der Waals surface area contributed by atoms with Crippen molar-refractivity contribution in [3.63, 3.8) is 0 Å². The Labute approximate surface area is 201 Å². The van der Waals surface area contributed by atoms with Crippen molar-refractivity contribution in [2.45, 2.75) is 130 Å². The molecule has 2 nitrogen and oxygen atoms in total. The Morgan fingerprint density at radius 3 is 1.47 bits per heavy atom. The predicted octanol–water partition coefficient (Wildman–Crippen LogP) is 9.84. The second kappa shape index (κ2) is 12.4. The highest BCUT2D eigenvalue weighted by atomic mass is 28.4. The minimum atomic E-state index is -1.84. The van der Waals surface area contributed by atoms with E-state index in [-0.39, 0.29) is 6.10 Å². The largest absolute Gasteiger partial charge is 0.494 e. The fourth-order valence-electron chi connectivity index (χ4n) is 5.45. The van der Waals surface area contributed by atoms with Gasteiger partial charge in [0.15, 0.2) is 0 Å². The van der Waals surface area contributed by atoms with Crippen LogP contribution in [-0.4, -0.2) is 14.9 Å². The van der Waals surface area contributed by atoms with Gasteiger partial charge in [-0.25, -0.2) is 0 Å². The van der Waals surface area contributed by atoms with E-state index in [0.29, 0.717) is 41.0 Å². The lowest BCUT2D eigenvalue weighted by Crippen LogP contribution is -2.47. The van der Waals surface area contributed by atoms with Crippen LogP contribution < -0.4 is 0 Å². The van der Waals surface area contributed by atoms with E-state index in [1.165, 1.54) is 22.3 Å². The Balaban J connectivity index is 3.08. The van der Waals surface area contributed by atoms with Crippen molar-refractivity contribution in [1.29, 1.82) is 0 Å². The van der Waals surface area contributed by atoms with Crippen molar-refractivity contribution < 1.29 is 9.16 Å². The highest BCUT2D eigenvalue weighted by molar-refractivity contribution is 6.77. The first-order valence-corrected chi connectivity index (χ1v) is 15.0. The van der Waals surface area contributed by atoms with E-state index >= 15 is 0 Å². The van der Waals surface area contributed by atoms with Crippen LogP contribution in [0.4, 0.5) is 0 Å². The zero-order valence-electron chi connectivity index (χ0n) is 23.4. The van der Waals surface area contributed by atoms with Gasteiger partial charge in [0.1, 0.15) is 6.10 Å². The summed E-state index contributed by atoms with van der Waals surface area (Å²) in [6.45, 7) is 30.5. The molecule has 0 saturated heterocycles. The second-order valence-corrected chi connectivity index (χ2v) is 16.8. The smallest absolute Gasteiger partial charge is 0.200 e. The third-order valence-corrected chi connectivity index (χ3v) is 13.2. The van der Waals surface area contributed by atoms with Crippen molar-refractivity contribution in [1.82, 2.24) is 0 Å². The lowest BCUT2D eigenvalue weighted by atomic mass is 9.82. The Kier molecular flexibility index (Phi) is 11.2. The highest BCUT2D eigenvalue weighted by Crippen LogP contribution is 2.42. The van der Waals surface area contributed by atoms with Crippen molar-refractivity contribution in [2.24, 2.45) is 0 Å². The quantitative estimate of drug-likeness (QED) is 0.228. The van der Waals surface area contributed by atoms with Crippen LogP contribution in [0.2, 0.25) is 16.6 Å². The molecule has 0 N–H and O–H groups in total. The van der Waals surface area contributed by atoms with Crippen molar-refractivity contribution in [3.8, 4) is 0 Å². The van der Waals surface area contributed by atoms with Crippen LogP contribution in [0.3, 0.4) is 0 Å². The highest BCUT2D eigenvalue weighted by Gasteiger charge is 2.44. The minimum absolute atomic E-state index is 0.0181. The molecular weight excluding hydrogens is 408 g/mol. The molecule has 0 aliphatic carbocycles. The summed E-state index contributed by atoms with van der Waals surface area (Å²) in [5, 5.41) is 0. The second-order valence-electron chi connectivity index (χ2n) is 11.4. The molecule has 1 aromatic carbocycles. The fourth-order valence-corrected chi connectivity index (χ4v) is 10.8. The van der Waals surface area contributed by atoms with Crippen LogP contribution >= 0.6 is 0 Å². The number of ether oxygens (including phenoxy) is 1. The average Bonchev–Trinajstić information content (AvgIpc) is 2.68. The van der Waals surface area contributed by atoms with Crippen LogP contribution in [0.25, 0.3) is 0 Å². The number of rotatable bonds is 12. The summed E-state index contributed by atoms with van der Waals surface area (Å²) in [4.78, 5) is 0. The maximum absolute atomic E-state index is 6.64. The van der Waals surface area contributed by atoms with Crippen LogP contribution in [0, 0.1) is 0 Å². The van der Waals surface area contributed by atoms with Crippen LogP contribution in [0.15, 0.2) is 24.5 Å². The molecule has 1 rings (SSSR count). The van der Waals surface area contributed by atoms with Crippen molar-refractivity contribution in [3.05, 3.63) is 46.7 Å². The van der Waals surface area contributed by atoms with E-state index in [0.717, 1.165) is 0 Å². The minimum Gasteiger partial charge on any atom is -0.494 e. The lowest BCUT2D eigenvalue weighted by Gasteiger charge is -2.41. The van der Waals surface area contributed by atoms with Gasteiger partial charge in [0.2, 0.25) is 8.32 Å². The molecule has 0 amide bonds. The van der Waals surface area contributed by atoms with Crippen molar-refractivity contribution >= 4 is 8.32 Å². The maximum atomic E-state index is 6.64. The zero-order valence-corrected chi connectivity index (χ0v) is 24.4. The molecular formula is C29H52O2Si. The molecule has 0 aliphatic rings. The molecule has 0 radical (unpaired) electrons.